The third-order valence-electron chi connectivity index (χ3n) is 3.01. The number of rotatable bonds is 8. The molecule has 3 heteroatoms. The Morgan fingerprint density at radius 2 is 1.56 bits per heavy atom. The molecule has 1 aromatic heterocycles. The summed E-state index contributed by atoms with van der Waals surface area (Å²) in [5.41, 5.74) is 0.135. The number of hydrogen-bond donors (Lipinski definition) is 0. The van der Waals surface area contributed by atoms with Crippen LogP contribution in [-0.2, 0) is 13.1 Å². The maximum Gasteiger partial charge on any atom is 0.328 e. The van der Waals surface area contributed by atoms with Crippen LogP contribution < -0.4 is 5.69 Å². The maximum absolute atomic E-state index is 11.7. The molecule has 0 N–H and O–H groups in total. The van der Waals surface area contributed by atoms with E-state index in [2.05, 4.69) is 6.92 Å². The molecule has 0 atom stereocenters. The smallest absolute Gasteiger partial charge is 0.300 e. The first-order valence-corrected chi connectivity index (χ1v) is 6.55. The lowest BCUT2D eigenvalue weighted by atomic mass is 10.1. The van der Waals surface area contributed by atoms with Crippen LogP contribution in [0.1, 0.15) is 52.4 Å². The minimum Gasteiger partial charge on any atom is -0.300 e. The summed E-state index contributed by atoms with van der Waals surface area (Å²) in [7, 11) is 0. The second-order valence-electron chi connectivity index (χ2n) is 4.33. The van der Waals surface area contributed by atoms with Crippen molar-refractivity contribution in [2.75, 3.05) is 0 Å². The Morgan fingerprint density at radius 1 is 0.938 bits per heavy atom. The number of nitrogens with zero attached hydrogens (tertiary/aromatic N) is 2. The van der Waals surface area contributed by atoms with Gasteiger partial charge in [0.2, 0.25) is 0 Å². The van der Waals surface area contributed by atoms with Gasteiger partial charge in [-0.3, -0.25) is 9.13 Å². The minimum atomic E-state index is 0.135. The van der Waals surface area contributed by atoms with E-state index in [-0.39, 0.29) is 5.69 Å². The highest BCUT2D eigenvalue weighted by Gasteiger charge is 2.00. The van der Waals surface area contributed by atoms with Gasteiger partial charge in [0, 0.05) is 25.5 Å². The lowest BCUT2D eigenvalue weighted by Crippen LogP contribution is -2.23. The molecule has 1 rings (SSSR count). The van der Waals surface area contributed by atoms with Gasteiger partial charge in [0.15, 0.2) is 0 Å². The average Bonchev–Trinajstić information content (AvgIpc) is 2.65. The lowest BCUT2D eigenvalue weighted by Gasteiger charge is -2.01. The quantitative estimate of drug-likeness (QED) is 0.623. The molecule has 1 aromatic rings. The first kappa shape index (κ1) is 13.1. The van der Waals surface area contributed by atoms with Gasteiger partial charge in [-0.15, -0.1) is 0 Å². The molecular formula is C13H24N2O. The first-order valence-electron chi connectivity index (χ1n) is 6.55. The highest BCUT2D eigenvalue weighted by Crippen LogP contribution is 2.05. The van der Waals surface area contributed by atoms with Crippen molar-refractivity contribution in [3.63, 3.8) is 0 Å². The number of unbranched alkanes of at least 4 members (excludes halogenated alkanes) is 5. The van der Waals surface area contributed by atoms with Crippen molar-refractivity contribution < 1.29 is 0 Å². The van der Waals surface area contributed by atoms with Gasteiger partial charge in [0.1, 0.15) is 0 Å². The van der Waals surface area contributed by atoms with Gasteiger partial charge in [-0.05, 0) is 13.3 Å². The molecule has 0 saturated heterocycles. The zero-order chi connectivity index (χ0) is 11.8. The predicted molar refractivity (Wildman–Crippen MR) is 67.7 cm³/mol. The number of hydrogen-bond acceptors (Lipinski definition) is 1. The fourth-order valence-corrected chi connectivity index (χ4v) is 1.93. The summed E-state index contributed by atoms with van der Waals surface area (Å²) in [6, 6.07) is 0. The van der Waals surface area contributed by atoms with Gasteiger partial charge in [-0.2, -0.15) is 0 Å². The number of aryl methyl sites for hydroxylation is 2. The summed E-state index contributed by atoms with van der Waals surface area (Å²) < 4.78 is 3.57. The van der Waals surface area contributed by atoms with Gasteiger partial charge in [0.05, 0.1) is 0 Å². The summed E-state index contributed by atoms with van der Waals surface area (Å²) in [5, 5.41) is 0. The molecular weight excluding hydrogens is 200 g/mol. The highest BCUT2D eigenvalue weighted by molar-refractivity contribution is 4.80. The van der Waals surface area contributed by atoms with E-state index >= 15 is 0 Å². The normalized spacial score (nSPS) is 10.9. The van der Waals surface area contributed by atoms with Gasteiger partial charge in [-0.25, -0.2) is 4.79 Å². The van der Waals surface area contributed by atoms with Crippen LogP contribution in [0.25, 0.3) is 0 Å². The second kappa shape index (κ2) is 7.31. The van der Waals surface area contributed by atoms with Gasteiger partial charge < -0.3 is 0 Å². The molecule has 92 valence electrons. The summed E-state index contributed by atoms with van der Waals surface area (Å²) in [4.78, 5) is 11.7. The van der Waals surface area contributed by atoms with Crippen LogP contribution in [0.3, 0.4) is 0 Å². The molecule has 3 nitrogen and oxygen atoms in total. The molecule has 0 bridgehead atoms. The van der Waals surface area contributed by atoms with Crippen molar-refractivity contribution in [1.82, 2.24) is 9.13 Å². The van der Waals surface area contributed by atoms with E-state index in [1.807, 2.05) is 23.9 Å². The highest BCUT2D eigenvalue weighted by atomic mass is 16.1. The molecule has 0 spiro atoms. The topological polar surface area (TPSA) is 26.9 Å². The van der Waals surface area contributed by atoms with E-state index in [1.54, 1.807) is 4.57 Å². The van der Waals surface area contributed by atoms with Gasteiger partial charge in [-0.1, -0.05) is 39.0 Å². The molecule has 0 radical (unpaired) electrons. The Bertz CT molecular complexity index is 338. The summed E-state index contributed by atoms with van der Waals surface area (Å²) in [6.45, 7) is 5.86. The van der Waals surface area contributed by atoms with Crippen LogP contribution in [0.2, 0.25) is 0 Å². The van der Waals surface area contributed by atoms with E-state index in [0.29, 0.717) is 0 Å². The summed E-state index contributed by atoms with van der Waals surface area (Å²) in [5.74, 6) is 0. The van der Waals surface area contributed by atoms with Crippen LogP contribution >= 0.6 is 0 Å². The maximum atomic E-state index is 11.7. The Kier molecular flexibility index (Phi) is 5.98. The zero-order valence-electron chi connectivity index (χ0n) is 10.6. The SMILES string of the molecule is CCCCCCCCn1ccn(CC)c1=O. The molecule has 0 aliphatic rings. The fourth-order valence-electron chi connectivity index (χ4n) is 1.93. The molecule has 0 amide bonds. The van der Waals surface area contributed by atoms with E-state index in [0.717, 1.165) is 19.5 Å². The van der Waals surface area contributed by atoms with Crippen LogP contribution in [-0.4, -0.2) is 9.13 Å². The largest absolute Gasteiger partial charge is 0.328 e. The third-order valence-corrected chi connectivity index (χ3v) is 3.01. The fraction of sp³-hybridized carbons (Fsp3) is 0.769. The monoisotopic (exact) mass is 224 g/mol. The molecule has 0 unspecified atom stereocenters. The molecule has 0 aliphatic carbocycles. The molecule has 16 heavy (non-hydrogen) atoms. The van der Waals surface area contributed by atoms with Crippen LogP contribution in [0.5, 0.6) is 0 Å². The van der Waals surface area contributed by atoms with Crippen molar-refractivity contribution in [1.29, 1.82) is 0 Å². The average molecular weight is 224 g/mol. The molecule has 0 aromatic carbocycles. The molecule has 0 fully saturated rings. The van der Waals surface area contributed by atoms with E-state index in [1.165, 1.54) is 32.1 Å². The first-order chi connectivity index (χ1) is 7.79. The standard InChI is InChI=1S/C13H24N2O/c1-3-5-6-7-8-9-10-15-12-11-14(4-2)13(15)16/h11-12H,3-10H2,1-2H3. The third kappa shape index (κ3) is 3.87. The summed E-state index contributed by atoms with van der Waals surface area (Å²) in [6.07, 6.45) is 11.4. The molecule has 1 heterocycles. The van der Waals surface area contributed by atoms with Gasteiger partial charge >= 0.3 is 5.69 Å². The zero-order valence-corrected chi connectivity index (χ0v) is 10.6. The van der Waals surface area contributed by atoms with E-state index in [9.17, 15) is 4.79 Å². The summed E-state index contributed by atoms with van der Waals surface area (Å²) >= 11 is 0. The minimum absolute atomic E-state index is 0.135. The van der Waals surface area contributed by atoms with Crippen LogP contribution in [0, 0.1) is 0 Å². The number of imidazole rings is 1. The van der Waals surface area contributed by atoms with E-state index < -0.39 is 0 Å². The van der Waals surface area contributed by atoms with Crippen LogP contribution in [0.15, 0.2) is 17.2 Å². The Hall–Kier alpha value is -0.990. The van der Waals surface area contributed by atoms with Crippen molar-refractivity contribution in [2.45, 2.75) is 65.5 Å². The Balaban J connectivity index is 2.22. The Labute approximate surface area is 98.1 Å². The predicted octanol–water partition coefficient (Wildman–Crippen LogP) is 3.03. The van der Waals surface area contributed by atoms with Crippen molar-refractivity contribution >= 4 is 0 Å². The van der Waals surface area contributed by atoms with Crippen molar-refractivity contribution in [2.24, 2.45) is 0 Å². The molecule has 0 saturated carbocycles. The molecule has 0 aliphatic heterocycles. The van der Waals surface area contributed by atoms with Crippen molar-refractivity contribution in [3.8, 4) is 0 Å². The van der Waals surface area contributed by atoms with Crippen LogP contribution in [0.4, 0.5) is 0 Å². The lowest BCUT2D eigenvalue weighted by molar-refractivity contribution is 0.541. The second-order valence-corrected chi connectivity index (χ2v) is 4.33. The van der Waals surface area contributed by atoms with Gasteiger partial charge in [0.25, 0.3) is 0 Å². The number of aromatic nitrogens is 2. The van der Waals surface area contributed by atoms with Crippen molar-refractivity contribution in [3.05, 3.63) is 22.9 Å². The Morgan fingerprint density at radius 3 is 2.19 bits per heavy atom. The van der Waals surface area contributed by atoms with E-state index in [4.69, 9.17) is 0 Å².